The van der Waals surface area contributed by atoms with E-state index in [0.29, 0.717) is 12.7 Å². The van der Waals surface area contributed by atoms with Crippen molar-refractivity contribution in [3.05, 3.63) is 0 Å². The molecule has 0 spiro atoms. The highest BCUT2D eigenvalue weighted by Crippen LogP contribution is 2.25. The second-order valence-corrected chi connectivity index (χ2v) is 4.34. The first-order valence-corrected chi connectivity index (χ1v) is 5.31. The fourth-order valence-electron chi connectivity index (χ4n) is 1.65. The van der Waals surface area contributed by atoms with Gasteiger partial charge in [-0.2, -0.15) is 5.26 Å². The lowest BCUT2D eigenvalue weighted by atomic mass is 9.89. The van der Waals surface area contributed by atoms with Crippen LogP contribution < -0.4 is 0 Å². The molecule has 0 amide bonds. The van der Waals surface area contributed by atoms with Gasteiger partial charge >= 0.3 is 0 Å². The van der Waals surface area contributed by atoms with Crippen LogP contribution in [0.2, 0.25) is 0 Å². The van der Waals surface area contributed by atoms with Crippen LogP contribution in [0, 0.1) is 17.2 Å². The molecular formula is C10H16ClNO. The van der Waals surface area contributed by atoms with Crippen molar-refractivity contribution < 1.29 is 4.74 Å². The summed E-state index contributed by atoms with van der Waals surface area (Å²) in [7, 11) is 0. The van der Waals surface area contributed by atoms with E-state index in [0.717, 1.165) is 18.8 Å². The predicted molar refractivity (Wildman–Crippen MR) is 52.6 cm³/mol. The van der Waals surface area contributed by atoms with Crippen molar-refractivity contribution in [3.8, 4) is 6.07 Å². The third kappa shape index (κ3) is 3.97. The second-order valence-electron chi connectivity index (χ2n) is 3.81. The highest BCUT2D eigenvalue weighted by molar-refractivity contribution is 6.22. The first-order chi connectivity index (χ1) is 6.22. The Labute approximate surface area is 84.8 Å². The van der Waals surface area contributed by atoms with Crippen molar-refractivity contribution in [1.82, 2.24) is 0 Å². The smallest absolute Gasteiger partial charge is 0.143 e. The highest BCUT2D eigenvalue weighted by atomic mass is 35.5. The standard InChI is InChI=1S/C10H16ClNO/c1-8-2-4-10(5-3-8)13-7-9(11)6-12/h8-10H,2-5,7H2,1H3. The molecule has 1 unspecified atom stereocenters. The SMILES string of the molecule is CC1CCC(OCC(Cl)C#N)CC1. The molecule has 1 aliphatic carbocycles. The van der Waals surface area contributed by atoms with E-state index in [1.54, 1.807) is 0 Å². The highest BCUT2D eigenvalue weighted by Gasteiger charge is 2.19. The molecule has 74 valence electrons. The third-order valence-corrected chi connectivity index (χ3v) is 2.80. The lowest BCUT2D eigenvalue weighted by molar-refractivity contribution is 0.0240. The fraction of sp³-hybridized carbons (Fsp3) is 0.900. The van der Waals surface area contributed by atoms with Gasteiger partial charge in [0, 0.05) is 0 Å². The molecule has 0 saturated heterocycles. The normalized spacial score (nSPS) is 30.8. The van der Waals surface area contributed by atoms with Crippen molar-refractivity contribution in [2.45, 2.75) is 44.1 Å². The number of hydrogen-bond acceptors (Lipinski definition) is 2. The number of rotatable bonds is 3. The van der Waals surface area contributed by atoms with Gasteiger partial charge in [0.05, 0.1) is 18.8 Å². The number of nitrogens with zero attached hydrogens (tertiary/aromatic N) is 1. The number of halogens is 1. The second kappa shape index (κ2) is 5.47. The van der Waals surface area contributed by atoms with E-state index in [1.807, 2.05) is 6.07 Å². The molecule has 3 heteroatoms. The minimum Gasteiger partial charge on any atom is -0.376 e. The van der Waals surface area contributed by atoms with Gasteiger partial charge in [-0.1, -0.05) is 6.92 Å². The fourth-order valence-corrected chi connectivity index (χ4v) is 1.73. The Hall–Kier alpha value is -0.260. The van der Waals surface area contributed by atoms with Crippen molar-refractivity contribution in [1.29, 1.82) is 5.26 Å². The van der Waals surface area contributed by atoms with Gasteiger partial charge in [-0.25, -0.2) is 0 Å². The summed E-state index contributed by atoms with van der Waals surface area (Å²) in [6, 6.07) is 1.95. The Kier molecular flexibility index (Phi) is 4.55. The molecule has 1 fully saturated rings. The Balaban J connectivity index is 2.13. The number of nitriles is 1. The minimum absolute atomic E-state index is 0.339. The van der Waals surface area contributed by atoms with Gasteiger partial charge < -0.3 is 4.74 Å². The molecule has 0 aromatic heterocycles. The van der Waals surface area contributed by atoms with Crippen LogP contribution in [0.5, 0.6) is 0 Å². The average Bonchev–Trinajstić information content (AvgIpc) is 2.16. The molecule has 2 nitrogen and oxygen atoms in total. The van der Waals surface area contributed by atoms with E-state index < -0.39 is 5.38 Å². The van der Waals surface area contributed by atoms with Gasteiger partial charge in [0.25, 0.3) is 0 Å². The van der Waals surface area contributed by atoms with Gasteiger partial charge in [0.1, 0.15) is 5.38 Å². The molecular weight excluding hydrogens is 186 g/mol. The predicted octanol–water partition coefficient (Wildman–Crippen LogP) is 2.71. The zero-order valence-corrected chi connectivity index (χ0v) is 8.76. The maximum atomic E-state index is 8.44. The van der Waals surface area contributed by atoms with E-state index in [2.05, 4.69) is 6.92 Å². The average molecular weight is 202 g/mol. The molecule has 0 aliphatic heterocycles. The summed E-state index contributed by atoms with van der Waals surface area (Å²) in [6.07, 6.45) is 5.06. The zero-order chi connectivity index (χ0) is 9.68. The quantitative estimate of drug-likeness (QED) is 0.658. The van der Waals surface area contributed by atoms with Gasteiger partial charge in [-0.05, 0) is 31.6 Å². The summed E-state index contributed by atoms with van der Waals surface area (Å²) in [4.78, 5) is 0. The van der Waals surface area contributed by atoms with Crippen molar-refractivity contribution in [2.75, 3.05) is 6.61 Å². The molecule has 0 bridgehead atoms. The summed E-state index contributed by atoms with van der Waals surface area (Å²) < 4.78 is 5.53. The molecule has 13 heavy (non-hydrogen) atoms. The summed E-state index contributed by atoms with van der Waals surface area (Å²) in [5, 5.41) is 7.96. The first kappa shape index (κ1) is 10.8. The van der Waals surface area contributed by atoms with E-state index in [1.165, 1.54) is 12.8 Å². The van der Waals surface area contributed by atoms with Crippen molar-refractivity contribution in [2.24, 2.45) is 5.92 Å². The van der Waals surface area contributed by atoms with Crippen LogP contribution in [0.1, 0.15) is 32.6 Å². The van der Waals surface area contributed by atoms with Crippen LogP contribution in [0.15, 0.2) is 0 Å². The lowest BCUT2D eigenvalue weighted by Gasteiger charge is -2.26. The van der Waals surface area contributed by atoms with Crippen LogP contribution >= 0.6 is 11.6 Å². The zero-order valence-electron chi connectivity index (χ0n) is 8.00. The number of alkyl halides is 1. The summed E-state index contributed by atoms with van der Waals surface area (Å²) in [5.74, 6) is 0.836. The largest absolute Gasteiger partial charge is 0.376 e. The summed E-state index contributed by atoms with van der Waals surface area (Å²) in [6.45, 7) is 2.65. The molecule has 0 heterocycles. The number of ether oxygens (including phenoxy) is 1. The number of hydrogen-bond donors (Lipinski definition) is 0. The molecule has 0 radical (unpaired) electrons. The molecule has 0 aromatic rings. The first-order valence-electron chi connectivity index (χ1n) is 4.87. The van der Waals surface area contributed by atoms with Crippen LogP contribution in [0.4, 0.5) is 0 Å². The maximum absolute atomic E-state index is 8.44. The molecule has 1 atom stereocenters. The van der Waals surface area contributed by atoms with Crippen LogP contribution in [0.3, 0.4) is 0 Å². The minimum atomic E-state index is -0.487. The van der Waals surface area contributed by atoms with E-state index in [-0.39, 0.29) is 0 Å². The van der Waals surface area contributed by atoms with Crippen LogP contribution in [-0.2, 0) is 4.74 Å². The van der Waals surface area contributed by atoms with Gasteiger partial charge in [-0.3, -0.25) is 0 Å². The van der Waals surface area contributed by atoms with Gasteiger partial charge in [0.15, 0.2) is 0 Å². The molecule has 1 saturated carbocycles. The third-order valence-electron chi connectivity index (χ3n) is 2.58. The monoisotopic (exact) mass is 201 g/mol. The van der Waals surface area contributed by atoms with Gasteiger partial charge in [-0.15, -0.1) is 11.6 Å². The van der Waals surface area contributed by atoms with Crippen molar-refractivity contribution >= 4 is 11.6 Å². The van der Waals surface area contributed by atoms with E-state index >= 15 is 0 Å². The molecule has 0 N–H and O–H groups in total. The molecule has 0 aromatic carbocycles. The Morgan fingerprint density at radius 3 is 2.62 bits per heavy atom. The summed E-state index contributed by atoms with van der Waals surface area (Å²) in [5.41, 5.74) is 0. The Bertz CT molecular complexity index is 182. The maximum Gasteiger partial charge on any atom is 0.143 e. The van der Waals surface area contributed by atoms with Gasteiger partial charge in [0.2, 0.25) is 0 Å². The molecule has 1 aliphatic rings. The molecule has 1 rings (SSSR count). The van der Waals surface area contributed by atoms with E-state index in [9.17, 15) is 0 Å². The van der Waals surface area contributed by atoms with Crippen LogP contribution in [0.25, 0.3) is 0 Å². The Morgan fingerprint density at radius 2 is 2.08 bits per heavy atom. The van der Waals surface area contributed by atoms with E-state index in [4.69, 9.17) is 21.6 Å². The van der Waals surface area contributed by atoms with Crippen molar-refractivity contribution in [3.63, 3.8) is 0 Å². The summed E-state index contributed by atoms with van der Waals surface area (Å²) >= 11 is 5.63. The van der Waals surface area contributed by atoms with Crippen LogP contribution in [-0.4, -0.2) is 18.1 Å². The lowest BCUT2D eigenvalue weighted by Crippen LogP contribution is -2.23. The topological polar surface area (TPSA) is 33.0 Å². The Morgan fingerprint density at radius 1 is 1.46 bits per heavy atom.